The second-order valence-electron chi connectivity index (χ2n) is 5.50. The standard InChI is InChI=1S/C16H18ClNO/c1-16(2,3)13-5-4-6-14(9-13)19-15-7-8-18-11-12(15)10-17/h4-9,11H,10H2,1-3H3. The Morgan fingerprint density at radius 1 is 1.21 bits per heavy atom. The van der Waals surface area contributed by atoms with Gasteiger partial charge in [0, 0.05) is 18.0 Å². The molecule has 1 aromatic carbocycles. The molecule has 0 saturated carbocycles. The van der Waals surface area contributed by atoms with E-state index in [1.165, 1.54) is 5.56 Å². The zero-order valence-electron chi connectivity index (χ0n) is 11.5. The Bertz CT molecular complexity index is 561. The molecule has 0 unspecified atom stereocenters. The first kappa shape index (κ1) is 13.9. The van der Waals surface area contributed by atoms with Crippen LogP contribution in [0.25, 0.3) is 0 Å². The fourth-order valence-corrected chi connectivity index (χ4v) is 1.97. The Balaban J connectivity index is 2.29. The summed E-state index contributed by atoms with van der Waals surface area (Å²) in [7, 11) is 0. The van der Waals surface area contributed by atoms with Crippen molar-refractivity contribution in [3.05, 3.63) is 53.9 Å². The number of nitrogens with zero attached hydrogens (tertiary/aromatic N) is 1. The Morgan fingerprint density at radius 2 is 2.00 bits per heavy atom. The van der Waals surface area contributed by atoms with Crippen LogP contribution in [-0.4, -0.2) is 4.98 Å². The van der Waals surface area contributed by atoms with Gasteiger partial charge in [0.2, 0.25) is 0 Å². The molecule has 19 heavy (non-hydrogen) atoms. The lowest BCUT2D eigenvalue weighted by Gasteiger charge is -2.20. The van der Waals surface area contributed by atoms with Crippen LogP contribution in [-0.2, 0) is 11.3 Å². The normalized spacial score (nSPS) is 11.4. The number of hydrogen-bond acceptors (Lipinski definition) is 2. The van der Waals surface area contributed by atoms with E-state index in [0.29, 0.717) is 5.88 Å². The van der Waals surface area contributed by atoms with Gasteiger partial charge in [0.25, 0.3) is 0 Å². The van der Waals surface area contributed by atoms with Crippen molar-refractivity contribution in [1.29, 1.82) is 0 Å². The highest BCUT2D eigenvalue weighted by Crippen LogP contribution is 2.30. The third-order valence-corrected chi connectivity index (χ3v) is 3.22. The van der Waals surface area contributed by atoms with Gasteiger partial charge in [0.05, 0.1) is 5.88 Å². The minimum Gasteiger partial charge on any atom is -0.457 e. The summed E-state index contributed by atoms with van der Waals surface area (Å²) in [6.07, 6.45) is 3.44. The van der Waals surface area contributed by atoms with E-state index in [-0.39, 0.29) is 5.41 Å². The van der Waals surface area contributed by atoms with E-state index in [4.69, 9.17) is 16.3 Å². The molecule has 0 aliphatic heterocycles. The average Bonchev–Trinajstić information content (AvgIpc) is 2.39. The van der Waals surface area contributed by atoms with Crippen LogP contribution in [0, 0.1) is 0 Å². The second-order valence-corrected chi connectivity index (χ2v) is 5.76. The van der Waals surface area contributed by atoms with Crippen LogP contribution < -0.4 is 4.74 Å². The summed E-state index contributed by atoms with van der Waals surface area (Å²) in [5, 5.41) is 0. The van der Waals surface area contributed by atoms with Crippen LogP contribution in [0.15, 0.2) is 42.7 Å². The topological polar surface area (TPSA) is 22.1 Å². The molecule has 3 heteroatoms. The van der Waals surface area contributed by atoms with Crippen LogP contribution in [0.1, 0.15) is 31.9 Å². The lowest BCUT2D eigenvalue weighted by Crippen LogP contribution is -2.10. The molecule has 0 radical (unpaired) electrons. The van der Waals surface area contributed by atoms with Gasteiger partial charge in [-0.2, -0.15) is 0 Å². The average molecular weight is 276 g/mol. The predicted molar refractivity (Wildman–Crippen MR) is 79.0 cm³/mol. The van der Waals surface area contributed by atoms with Crippen molar-refractivity contribution >= 4 is 11.6 Å². The predicted octanol–water partition coefficient (Wildman–Crippen LogP) is 4.91. The number of benzene rings is 1. The van der Waals surface area contributed by atoms with E-state index < -0.39 is 0 Å². The van der Waals surface area contributed by atoms with Crippen LogP contribution in [0.5, 0.6) is 11.5 Å². The molecule has 0 fully saturated rings. The molecule has 100 valence electrons. The van der Waals surface area contributed by atoms with Crippen molar-refractivity contribution in [3.63, 3.8) is 0 Å². The molecule has 0 amide bonds. The molecule has 1 aromatic heterocycles. The van der Waals surface area contributed by atoms with E-state index in [0.717, 1.165) is 17.1 Å². The molecule has 0 aliphatic carbocycles. The molecular formula is C16H18ClNO. The zero-order chi connectivity index (χ0) is 13.9. The molecule has 0 spiro atoms. The summed E-state index contributed by atoms with van der Waals surface area (Å²) in [5.74, 6) is 1.98. The molecule has 0 atom stereocenters. The van der Waals surface area contributed by atoms with Crippen molar-refractivity contribution < 1.29 is 4.74 Å². The SMILES string of the molecule is CC(C)(C)c1cccc(Oc2ccncc2CCl)c1. The first-order chi connectivity index (χ1) is 9.00. The van der Waals surface area contributed by atoms with Crippen LogP contribution in [0.3, 0.4) is 0 Å². The van der Waals surface area contributed by atoms with Gasteiger partial charge in [-0.3, -0.25) is 4.98 Å². The maximum atomic E-state index is 5.91. The van der Waals surface area contributed by atoms with Crippen molar-refractivity contribution in [2.45, 2.75) is 32.1 Å². The van der Waals surface area contributed by atoms with Gasteiger partial charge in [-0.1, -0.05) is 32.9 Å². The Labute approximate surface area is 119 Å². The van der Waals surface area contributed by atoms with E-state index in [1.54, 1.807) is 12.4 Å². The summed E-state index contributed by atoms with van der Waals surface area (Å²) < 4.78 is 5.91. The highest BCUT2D eigenvalue weighted by molar-refractivity contribution is 6.17. The molecule has 0 N–H and O–H groups in total. The monoisotopic (exact) mass is 275 g/mol. The summed E-state index contributed by atoms with van der Waals surface area (Å²) in [6, 6.07) is 9.98. The number of hydrogen-bond donors (Lipinski definition) is 0. The minimum absolute atomic E-state index is 0.104. The first-order valence-electron chi connectivity index (χ1n) is 6.28. The maximum Gasteiger partial charge on any atom is 0.134 e. The summed E-state index contributed by atoms with van der Waals surface area (Å²) >= 11 is 5.88. The van der Waals surface area contributed by atoms with Gasteiger partial charge in [0.1, 0.15) is 11.5 Å². The lowest BCUT2D eigenvalue weighted by molar-refractivity contribution is 0.473. The molecule has 2 aromatic rings. The highest BCUT2D eigenvalue weighted by atomic mass is 35.5. The van der Waals surface area contributed by atoms with Crippen LogP contribution in [0.4, 0.5) is 0 Å². The third kappa shape index (κ3) is 3.48. The largest absolute Gasteiger partial charge is 0.457 e. The van der Waals surface area contributed by atoms with Crippen molar-refractivity contribution in [2.75, 3.05) is 0 Å². The number of halogens is 1. The molecule has 0 aliphatic rings. The number of aromatic nitrogens is 1. The van der Waals surface area contributed by atoms with Crippen molar-refractivity contribution in [1.82, 2.24) is 4.98 Å². The van der Waals surface area contributed by atoms with E-state index >= 15 is 0 Å². The quantitative estimate of drug-likeness (QED) is 0.743. The fourth-order valence-electron chi connectivity index (χ4n) is 1.77. The highest BCUT2D eigenvalue weighted by Gasteiger charge is 2.14. The van der Waals surface area contributed by atoms with Crippen LogP contribution >= 0.6 is 11.6 Å². The summed E-state index contributed by atoms with van der Waals surface area (Å²) in [4.78, 5) is 4.05. The summed E-state index contributed by atoms with van der Waals surface area (Å²) in [6.45, 7) is 6.55. The number of ether oxygens (including phenoxy) is 1. The maximum absolute atomic E-state index is 5.91. The number of pyridine rings is 1. The molecule has 0 saturated heterocycles. The van der Waals surface area contributed by atoms with E-state index in [2.05, 4.69) is 37.9 Å². The molecule has 1 heterocycles. The Kier molecular flexibility index (Phi) is 4.11. The van der Waals surface area contributed by atoms with Gasteiger partial charge in [-0.15, -0.1) is 11.6 Å². The zero-order valence-corrected chi connectivity index (χ0v) is 12.2. The van der Waals surface area contributed by atoms with Gasteiger partial charge >= 0.3 is 0 Å². The fraction of sp³-hybridized carbons (Fsp3) is 0.312. The summed E-state index contributed by atoms with van der Waals surface area (Å²) in [5.41, 5.74) is 2.24. The van der Waals surface area contributed by atoms with Crippen LogP contribution in [0.2, 0.25) is 0 Å². The molecule has 2 nitrogen and oxygen atoms in total. The third-order valence-electron chi connectivity index (χ3n) is 2.93. The Hall–Kier alpha value is -1.54. The van der Waals surface area contributed by atoms with Crippen molar-refractivity contribution in [3.8, 4) is 11.5 Å². The van der Waals surface area contributed by atoms with E-state index in [9.17, 15) is 0 Å². The van der Waals surface area contributed by atoms with Crippen molar-refractivity contribution in [2.24, 2.45) is 0 Å². The smallest absolute Gasteiger partial charge is 0.134 e. The molecular weight excluding hydrogens is 258 g/mol. The Morgan fingerprint density at radius 3 is 2.68 bits per heavy atom. The molecule has 0 bridgehead atoms. The number of rotatable bonds is 3. The second kappa shape index (κ2) is 5.62. The molecule has 2 rings (SSSR count). The van der Waals surface area contributed by atoms with E-state index in [1.807, 2.05) is 18.2 Å². The minimum atomic E-state index is 0.104. The van der Waals surface area contributed by atoms with Gasteiger partial charge in [-0.05, 0) is 29.2 Å². The first-order valence-corrected chi connectivity index (χ1v) is 6.81. The van der Waals surface area contributed by atoms with Gasteiger partial charge in [0.15, 0.2) is 0 Å². The number of alkyl halides is 1. The van der Waals surface area contributed by atoms with Gasteiger partial charge < -0.3 is 4.74 Å². The lowest BCUT2D eigenvalue weighted by atomic mass is 9.87. The van der Waals surface area contributed by atoms with Gasteiger partial charge in [-0.25, -0.2) is 0 Å².